The Kier molecular flexibility index (Phi) is 3.22. The lowest BCUT2D eigenvalue weighted by atomic mass is 9.93. The molecule has 2 heterocycles. The molecule has 1 aliphatic heterocycles. The van der Waals surface area contributed by atoms with Crippen LogP contribution in [0.5, 0.6) is 0 Å². The normalized spacial score (nSPS) is 19.4. The van der Waals surface area contributed by atoms with Crippen LogP contribution in [0.25, 0.3) is 0 Å². The first kappa shape index (κ1) is 10.8. The van der Waals surface area contributed by atoms with Crippen molar-refractivity contribution in [3.8, 4) is 0 Å². The van der Waals surface area contributed by atoms with E-state index >= 15 is 0 Å². The van der Waals surface area contributed by atoms with E-state index in [1.165, 1.54) is 12.8 Å². The Bertz CT molecular complexity index is 325. The van der Waals surface area contributed by atoms with E-state index < -0.39 is 0 Å². The zero-order valence-corrected chi connectivity index (χ0v) is 9.96. The molecule has 0 atom stereocenters. The number of hydrogen-bond donors (Lipinski definition) is 0. The zero-order valence-electron chi connectivity index (χ0n) is 9.20. The van der Waals surface area contributed by atoms with Crippen molar-refractivity contribution in [2.75, 3.05) is 20.1 Å². The van der Waals surface area contributed by atoms with Gasteiger partial charge in [-0.05, 0) is 57.6 Å². The third kappa shape index (κ3) is 2.67. The number of halogens is 1. The molecule has 0 spiro atoms. The van der Waals surface area contributed by atoms with Gasteiger partial charge in [0.15, 0.2) is 0 Å². The molecule has 1 saturated heterocycles. The van der Waals surface area contributed by atoms with Crippen molar-refractivity contribution in [1.29, 1.82) is 0 Å². The highest BCUT2D eigenvalue weighted by Gasteiger charge is 2.20. The molecule has 2 rings (SSSR count). The van der Waals surface area contributed by atoms with Crippen molar-refractivity contribution in [2.24, 2.45) is 0 Å². The first-order valence-corrected chi connectivity index (χ1v) is 5.72. The summed E-state index contributed by atoms with van der Waals surface area (Å²) in [5.41, 5.74) is 2.07. The molecule has 3 nitrogen and oxygen atoms in total. The minimum Gasteiger partial charge on any atom is -0.306 e. The van der Waals surface area contributed by atoms with Gasteiger partial charge in [-0.3, -0.25) is 0 Å². The van der Waals surface area contributed by atoms with Crippen molar-refractivity contribution in [3.05, 3.63) is 22.7 Å². The molecule has 1 aromatic heterocycles. The fourth-order valence-electron chi connectivity index (χ4n) is 2.07. The molecule has 0 aromatic carbocycles. The number of hydrogen-bond acceptors (Lipinski definition) is 3. The Balaban J connectivity index is 2.15. The van der Waals surface area contributed by atoms with Crippen molar-refractivity contribution in [2.45, 2.75) is 25.7 Å². The maximum Gasteiger partial charge on any atom is 0.222 e. The Morgan fingerprint density at radius 3 is 2.60 bits per heavy atom. The summed E-state index contributed by atoms with van der Waals surface area (Å²) in [5.74, 6) is 0.556. The van der Waals surface area contributed by atoms with Crippen molar-refractivity contribution in [1.82, 2.24) is 14.9 Å². The fraction of sp³-hybridized carbons (Fsp3) is 0.636. The molecule has 1 aromatic rings. The molecular formula is C11H16ClN3. The maximum absolute atomic E-state index is 5.87. The van der Waals surface area contributed by atoms with Crippen molar-refractivity contribution < 1.29 is 0 Å². The van der Waals surface area contributed by atoms with Crippen LogP contribution < -0.4 is 0 Å². The minimum absolute atomic E-state index is 0.379. The van der Waals surface area contributed by atoms with Gasteiger partial charge < -0.3 is 4.90 Å². The molecule has 82 valence electrons. The van der Waals surface area contributed by atoms with Gasteiger partial charge in [-0.2, -0.15) is 0 Å². The lowest BCUT2D eigenvalue weighted by Crippen LogP contribution is -2.29. The molecule has 1 aliphatic rings. The van der Waals surface area contributed by atoms with E-state index in [1.807, 2.05) is 6.92 Å². The predicted molar refractivity (Wildman–Crippen MR) is 61.3 cm³/mol. The van der Waals surface area contributed by atoms with E-state index in [-0.39, 0.29) is 0 Å². The number of aryl methyl sites for hydroxylation is 1. The average Bonchev–Trinajstić information content (AvgIpc) is 2.17. The molecule has 0 N–H and O–H groups in total. The van der Waals surface area contributed by atoms with Gasteiger partial charge in [0, 0.05) is 17.3 Å². The first-order chi connectivity index (χ1) is 7.15. The summed E-state index contributed by atoms with van der Waals surface area (Å²) in [6.45, 7) is 4.25. The van der Waals surface area contributed by atoms with Gasteiger partial charge in [0.05, 0.1) is 0 Å². The number of likely N-dealkylation sites (tertiary alicyclic amines) is 1. The molecule has 0 unspecified atom stereocenters. The van der Waals surface area contributed by atoms with Gasteiger partial charge in [-0.25, -0.2) is 9.97 Å². The third-order valence-corrected chi connectivity index (χ3v) is 3.15. The molecule has 1 fully saturated rings. The Hall–Kier alpha value is -0.670. The number of rotatable bonds is 1. The molecular weight excluding hydrogens is 210 g/mol. The molecule has 0 bridgehead atoms. The molecule has 0 amide bonds. The largest absolute Gasteiger partial charge is 0.306 e. The second kappa shape index (κ2) is 4.45. The van der Waals surface area contributed by atoms with E-state index in [0.29, 0.717) is 11.2 Å². The van der Waals surface area contributed by atoms with Gasteiger partial charge in [-0.15, -0.1) is 0 Å². The number of piperidine rings is 1. The smallest absolute Gasteiger partial charge is 0.222 e. The quantitative estimate of drug-likeness (QED) is 0.687. The van der Waals surface area contributed by atoms with E-state index in [0.717, 1.165) is 24.5 Å². The Morgan fingerprint density at radius 2 is 2.00 bits per heavy atom. The molecule has 0 radical (unpaired) electrons. The van der Waals surface area contributed by atoms with Gasteiger partial charge in [0.25, 0.3) is 0 Å². The highest BCUT2D eigenvalue weighted by Crippen LogP contribution is 2.26. The number of aromatic nitrogens is 2. The summed E-state index contributed by atoms with van der Waals surface area (Å²) in [6, 6.07) is 2.06. The van der Waals surface area contributed by atoms with Crippen LogP contribution >= 0.6 is 11.6 Å². The average molecular weight is 226 g/mol. The van der Waals surface area contributed by atoms with Crippen LogP contribution in [-0.4, -0.2) is 35.0 Å². The Morgan fingerprint density at radius 1 is 1.33 bits per heavy atom. The van der Waals surface area contributed by atoms with Crippen LogP contribution in [0.1, 0.15) is 30.1 Å². The second-order valence-corrected chi connectivity index (χ2v) is 4.62. The topological polar surface area (TPSA) is 29.0 Å². The first-order valence-electron chi connectivity index (χ1n) is 5.35. The molecule has 4 heteroatoms. The third-order valence-electron chi connectivity index (χ3n) is 2.98. The fourth-order valence-corrected chi connectivity index (χ4v) is 2.30. The van der Waals surface area contributed by atoms with Crippen LogP contribution in [0.4, 0.5) is 0 Å². The summed E-state index contributed by atoms with van der Waals surface area (Å²) in [4.78, 5) is 10.8. The van der Waals surface area contributed by atoms with Crippen LogP contribution in [0.3, 0.4) is 0 Å². The van der Waals surface area contributed by atoms with Gasteiger partial charge in [0.2, 0.25) is 5.28 Å². The van der Waals surface area contributed by atoms with Crippen molar-refractivity contribution >= 4 is 11.6 Å². The summed E-state index contributed by atoms with van der Waals surface area (Å²) in [7, 11) is 2.16. The zero-order chi connectivity index (χ0) is 10.8. The number of nitrogens with zero attached hydrogens (tertiary/aromatic N) is 3. The highest BCUT2D eigenvalue weighted by atomic mass is 35.5. The van der Waals surface area contributed by atoms with E-state index in [4.69, 9.17) is 11.6 Å². The van der Waals surface area contributed by atoms with Crippen molar-refractivity contribution in [3.63, 3.8) is 0 Å². The molecule has 15 heavy (non-hydrogen) atoms. The van der Waals surface area contributed by atoms with E-state index in [9.17, 15) is 0 Å². The Labute approximate surface area is 95.5 Å². The van der Waals surface area contributed by atoms with E-state index in [2.05, 4.69) is 28.0 Å². The molecule has 0 saturated carbocycles. The minimum atomic E-state index is 0.379. The predicted octanol–water partition coefficient (Wildman–Crippen LogP) is 2.25. The second-order valence-electron chi connectivity index (χ2n) is 4.28. The van der Waals surface area contributed by atoms with Crippen LogP contribution in [-0.2, 0) is 0 Å². The SMILES string of the molecule is Cc1cc(C2CCN(C)CC2)nc(Cl)n1. The summed E-state index contributed by atoms with van der Waals surface area (Å²) in [5, 5.41) is 0.379. The van der Waals surface area contributed by atoms with Gasteiger partial charge in [0.1, 0.15) is 0 Å². The van der Waals surface area contributed by atoms with Gasteiger partial charge in [-0.1, -0.05) is 0 Å². The maximum atomic E-state index is 5.87. The summed E-state index contributed by atoms with van der Waals surface area (Å²) in [6.07, 6.45) is 2.34. The monoisotopic (exact) mass is 225 g/mol. The summed E-state index contributed by atoms with van der Waals surface area (Å²) >= 11 is 5.87. The van der Waals surface area contributed by atoms with Crippen LogP contribution in [0.2, 0.25) is 5.28 Å². The van der Waals surface area contributed by atoms with Crippen LogP contribution in [0, 0.1) is 6.92 Å². The summed E-state index contributed by atoms with van der Waals surface area (Å²) < 4.78 is 0. The lowest BCUT2D eigenvalue weighted by molar-refractivity contribution is 0.253. The lowest BCUT2D eigenvalue weighted by Gasteiger charge is -2.28. The van der Waals surface area contributed by atoms with Gasteiger partial charge >= 0.3 is 0 Å². The van der Waals surface area contributed by atoms with E-state index in [1.54, 1.807) is 0 Å². The molecule has 0 aliphatic carbocycles. The van der Waals surface area contributed by atoms with Crippen LogP contribution in [0.15, 0.2) is 6.07 Å². The highest BCUT2D eigenvalue weighted by molar-refractivity contribution is 6.28. The standard InChI is InChI=1S/C11H16ClN3/c1-8-7-10(14-11(12)13-8)9-3-5-15(2)6-4-9/h7,9H,3-6H2,1-2H3.